The van der Waals surface area contributed by atoms with Crippen LogP contribution in [0.4, 0.5) is 8.78 Å². The number of rotatable bonds is 42. The van der Waals surface area contributed by atoms with Gasteiger partial charge in [-0.3, -0.25) is 14.7 Å². The van der Waals surface area contributed by atoms with Crippen LogP contribution in [0, 0.1) is 5.92 Å². The van der Waals surface area contributed by atoms with E-state index in [1.54, 1.807) is 6.21 Å². The number of nitrogens with two attached hydrogens (primary N) is 1. The lowest BCUT2D eigenvalue weighted by atomic mass is 9.81. The molecule has 2 heterocycles. The first-order valence-electron chi connectivity index (χ1n) is 29.1. The number of ether oxygens (including phenoxy) is 9. The van der Waals surface area contributed by atoms with Crippen LogP contribution in [-0.2, 0) is 60.5 Å². The molecular formula is C59H92F2N8O10. The Kier molecular flexibility index (Phi) is 29.8. The number of hydrazone groups is 1. The summed E-state index contributed by atoms with van der Waals surface area (Å²) in [6.45, 7) is 16.1. The van der Waals surface area contributed by atoms with Gasteiger partial charge in [0.2, 0.25) is 11.8 Å². The first-order valence-corrected chi connectivity index (χ1v) is 29.1. The van der Waals surface area contributed by atoms with E-state index in [0.29, 0.717) is 130 Å². The third-order valence-electron chi connectivity index (χ3n) is 14.9. The van der Waals surface area contributed by atoms with Crippen molar-refractivity contribution < 1.29 is 56.2 Å². The Morgan fingerprint density at radius 2 is 1.35 bits per heavy atom. The van der Waals surface area contributed by atoms with Crippen molar-refractivity contribution >= 4 is 17.8 Å². The van der Waals surface area contributed by atoms with Gasteiger partial charge in [0, 0.05) is 68.6 Å². The monoisotopic (exact) mass is 1110 g/mol. The molecule has 3 aromatic rings. The number of amides is 1. The molecule has 2 saturated carbocycles. The number of nitrogens with zero attached hydrogens (tertiary/aromatic N) is 6. The second kappa shape index (κ2) is 36.9. The first-order chi connectivity index (χ1) is 38.6. The highest BCUT2D eigenvalue weighted by atomic mass is 19.3. The van der Waals surface area contributed by atoms with Gasteiger partial charge >= 0.3 is 0 Å². The summed E-state index contributed by atoms with van der Waals surface area (Å²) >= 11 is 0. The maximum absolute atomic E-state index is 14.0. The predicted molar refractivity (Wildman–Crippen MR) is 300 cm³/mol. The zero-order valence-corrected chi connectivity index (χ0v) is 47.4. The van der Waals surface area contributed by atoms with Crippen LogP contribution >= 0.6 is 0 Å². The number of aromatic nitrogens is 3. The van der Waals surface area contributed by atoms with Crippen LogP contribution in [0.2, 0.25) is 0 Å². The van der Waals surface area contributed by atoms with Gasteiger partial charge in [-0.2, -0.15) is 5.10 Å². The van der Waals surface area contributed by atoms with Crippen LogP contribution in [0.15, 0.2) is 70.8 Å². The maximum Gasteiger partial charge on any atom is 0.248 e. The zero-order chi connectivity index (χ0) is 55.8. The molecule has 20 heteroatoms. The lowest BCUT2D eigenvalue weighted by Gasteiger charge is -2.36. The van der Waals surface area contributed by atoms with Crippen molar-refractivity contribution in [3.8, 4) is 0 Å². The van der Waals surface area contributed by atoms with Crippen LogP contribution in [0.25, 0.3) is 0 Å². The molecule has 3 aliphatic rings. The van der Waals surface area contributed by atoms with E-state index in [0.717, 1.165) is 75.3 Å². The van der Waals surface area contributed by atoms with E-state index in [1.807, 2.05) is 48.5 Å². The molecule has 1 amide bonds. The average molecular weight is 1110 g/mol. The molecule has 6 rings (SSSR count). The summed E-state index contributed by atoms with van der Waals surface area (Å²) in [4.78, 5) is 20.5. The molecule has 0 spiro atoms. The highest BCUT2D eigenvalue weighted by Gasteiger charge is 2.40. The van der Waals surface area contributed by atoms with Gasteiger partial charge in [-0.25, -0.2) is 8.78 Å². The number of carbonyl (C=O) groups excluding carboxylic acids is 1. The van der Waals surface area contributed by atoms with Crippen molar-refractivity contribution in [3.63, 3.8) is 0 Å². The van der Waals surface area contributed by atoms with E-state index in [-0.39, 0.29) is 68.2 Å². The summed E-state index contributed by atoms with van der Waals surface area (Å²) in [5.41, 5.74) is 2.72. The molecule has 4 atom stereocenters. The molecule has 0 radical (unpaired) electrons. The standard InChI is InChI=1S/C59H92F2N8O10/c1-4-25-71-28-31-74-34-35-76-33-30-73-27-23-63-43-52(65-62)45-78-39-38-77-37-36-75-32-29-72-26-20-56-66-67-57(51-41-54(42-51)79-44-48-11-7-5-8-12-48)69(56)47(3)40-53-16-15-46(2)68(53)24-19-55(49-13-9-6-10-14-49)64-58(70)50-17-21-59(60,61)22-18-50/h5-14,43,46-47,50-51,53-55H,4,15-42,44-45,62H2,1-3H3,(H,64,70)/b63-43?,65-52+. The number of likely N-dealkylation sites (tertiary alicyclic amines) is 1. The van der Waals surface area contributed by atoms with Gasteiger partial charge < -0.3 is 58.4 Å². The Hall–Kier alpha value is -4.35. The average Bonchev–Trinajstić information content (AvgIpc) is 4.05. The van der Waals surface area contributed by atoms with Gasteiger partial charge in [0.25, 0.3) is 0 Å². The van der Waals surface area contributed by atoms with Crippen LogP contribution in [0.3, 0.4) is 0 Å². The Labute approximate surface area is 468 Å². The third kappa shape index (κ3) is 23.6. The van der Waals surface area contributed by atoms with E-state index in [2.05, 4.69) is 57.8 Å². The molecular weight excluding hydrogens is 1020 g/mol. The summed E-state index contributed by atoms with van der Waals surface area (Å²) in [7, 11) is 0. The van der Waals surface area contributed by atoms with E-state index in [9.17, 15) is 13.6 Å². The molecule has 3 fully saturated rings. The van der Waals surface area contributed by atoms with Crippen molar-refractivity contribution in [2.75, 3.05) is 119 Å². The van der Waals surface area contributed by atoms with Gasteiger partial charge in [0.1, 0.15) is 17.4 Å². The number of carbonyl (C=O) groups is 1. The maximum atomic E-state index is 14.0. The molecule has 1 aromatic heterocycles. The first kappa shape index (κ1) is 63.8. The number of alkyl halides is 2. The normalized spacial score (nSPS) is 20.7. The molecule has 2 aromatic carbocycles. The number of halogens is 2. The molecule has 2 aliphatic carbocycles. The second-order valence-electron chi connectivity index (χ2n) is 21.0. The lowest BCUT2D eigenvalue weighted by Crippen LogP contribution is -2.41. The minimum Gasteiger partial charge on any atom is -0.379 e. The molecule has 0 bridgehead atoms. The van der Waals surface area contributed by atoms with Gasteiger partial charge in [-0.15, -0.1) is 10.2 Å². The van der Waals surface area contributed by atoms with E-state index in [1.165, 1.54) is 5.56 Å². The molecule has 18 nitrogen and oxygen atoms in total. The van der Waals surface area contributed by atoms with E-state index < -0.39 is 5.92 Å². The predicted octanol–water partition coefficient (Wildman–Crippen LogP) is 8.09. The second-order valence-corrected chi connectivity index (χ2v) is 21.0. The highest BCUT2D eigenvalue weighted by molar-refractivity contribution is 6.31. The van der Waals surface area contributed by atoms with Crippen molar-refractivity contribution in [2.45, 2.75) is 147 Å². The molecule has 3 N–H and O–H groups in total. The Bertz CT molecular complexity index is 2150. The van der Waals surface area contributed by atoms with Gasteiger partial charge in [-0.05, 0) is 82.8 Å². The summed E-state index contributed by atoms with van der Waals surface area (Å²) < 4.78 is 81.7. The zero-order valence-electron chi connectivity index (χ0n) is 47.4. The number of aliphatic imine (C=N–C) groups is 1. The Morgan fingerprint density at radius 1 is 0.772 bits per heavy atom. The Morgan fingerprint density at radius 3 is 1.97 bits per heavy atom. The summed E-state index contributed by atoms with van der Waals surface area (Å²) in [6.07, 6.45) is 8.93. The number of hydrogen-bond acceptors (Lipinski definition) is 16. The van der Waals surface area contributed by atoms with Gasteiger partial charge in [0.15, 0.2) is 0 Å². The molecule has 442 valence electrons. The number of hydrogen-bond donors (Lipinski definition) is 2. The van der Waals surface area contributed by atoms with E-state index >= 15 is 0 Å². The fourth-order valence-electron chi connectivity index (χ4n) is 10.4. The number of nitrogens with one attached hydrogen (secondary N) is 1. The quantitative estimate of drug-likeness (QED) is 0.0239. The summed E-state index contributed by atoms with van der Waals surface area (Å²) in [6, 6.07) is 20.9. The highest BCUT2D eigenvalue weighted by Crippen LogP contribution is 2.41. The SMILES string of the molecule is CCCOCCOCCOCCOCCN=C/C(COCCOCCOCCOCCc1nnc(C2CC(OCc3ccccc3)C2)n1C(C)CC1CCC(C)N1CCC(NC(=O)C1CCC(F)(F)CC1)c1ccccc1)=N\N. The third-order valence-corrected chi connectivity index (χ3v) is 14.9. The minimum absolute atomic E-state index is 0.118. The fraction of sp³-hybridized carbons (Fsp3) is 0.712. The summed E-state index contributed by atoms with van der Waals surface area (Å²) in [5, 5.41) is 16.7. The van der Waals surface area contributed by atoms with Gasteiger partial charge in [-0.1, -0.05) is 67.6 Å². The molecule has 4 unspecified atom stereocenters. The number of benzene rings is 2. The van der Waals surface area contributed by atoms with Crippen LogP contribution in [0.1, 0.15) is 132 Å². The Balaban J connectivity index is 0.880. The van der Waals surface area contributed by atoms with Gasteiger partial charge in [0.05, 0.1) is 124 Å². The van der Waals surface area contributed by atoms with Crippen molar-refractivity contribution in [1.29, 1.82) is 0 Å². The topological polar surface area (TPSA) is 197 Å². The fourth-order valence-corrected chi connectivity index (χ4v) is 10.4. The smallest absolute Gasteiger partial charge is 0.248 e. The van der Waals surface area contributed by atoms with Crippen molar-refractivity contribution in [1.82, 2.24) is 25.0 Å². The minimum atomic E-state index is -2.68. The lowest BCUT2D eigenvalue weighted by molar-refractivity contribution is -0.130. The van der Waals surface area contributed by atoms with Crippen LogP contribution in [0.5, 0.6) is 0 Å². The molecule has 1 aliphatic heterocycles. The molecule has 1 saturated heterocycles. The van der Waals surface area contributed by atoms with E-state index in [4.69, 9.17) is 58.7 Å². The van der Waals surface area contributed by atoms with Crippen molar-refractivity contribution in [2.24, 2.45) is 21.9 Å². The molecule has 79 heavy (non-hydrogen) atoms. The van der Waals surface area contributed by atoms with Crippen LogP contribution in [-0.4, -0.2) is 180 Å². The summed E-state index contributed by atoms with van der Waals surface area (Å²) in [5.74, 6) is 4.52. The van der Waals surface area contributed by atoms with Crippen LogP contribution < -0.4 is 11.2 Å². The largest absolute Gasteiger partial charge is 0.379 e. The van der Waals surface area contributed by atoms with Crippen molar-refractivity contribution in [3.05, 3.63) is 83.4 Å².